The molecule has 0 saturated carbocycles. The minimum absolute atomic E-state index is 0.0738. The second-order valence-corrected chi connectivity index (χ2v) is 5.74. The van der Waals surface area contributed by atoms with Crippen LogP contribution in [0.4, 0.5) is 0 Å². The molecule has 116 valence electrons. The monoisotopic (exact) mass is 297 g/mol. The molecule has 1 amide bonds. The second kappa shape index (κ2) is 7.23. The topological polar surface area (TPSA) is 49.3 Å². The number of amides is 1. The highest BCUT2D eigenvalue weighted by Gasteiger charge is 2.13. The Morgan fingerprint density at radius 3 is 2.27 bits per heavy atom. The largest absolute Gasteiger partial charge is 0.388 e. The lowest BCUT2D eigenvalue weighted by Gasteiger charge is -2.14. The molecule has 3 nitrogen and oxygen atoms in total. The lowest BCUT2D eigenvalue weighted by molar-refractivity contribution is 0.0941. The number of aryl methyl sites for hydroxylation is 3. The van der Waals surface area contributed by atoms with Crippen molar-refractivity contribution in [2.24, 2.45) is 0 Å². The minimum Gasteiger partial charge on any atom is -0.388 e. The van der Waals surface area contributed by atoms with Crippen LogP contribution in [0.3, 0.4) is 0 Å². The zero-order valence-corrected chi connectivity index (χ0v) is 13.4. The second-order valence-electron chi connectivity index (χ2n) is 5.74. The van der Waals surface area contributed by atoms with Gasteiger partial charge < -0.3 is 10.4 Å². The molecule has 0 aliphatic carbocycles. The predicted molar refractivity (Wildman–Crippen MR) is 89.0 cm³/mol. The third-order valence-corrected chi connectivity index (χ3v) is 3.79. The molecule has 0 spiro atoms. The SMILES string of the molecule is Cc1cc(C)c(C(=O)NCCC(O)c2ccccc2)c(C)c1. The van der Waals surface area contributed by atoms with Gasteiger partial charge in [0.15, 0.2) is 0 Å². The molecule has 0 fully saturated rings. The first-order valence-electron chi connectivity index (χ1n) is 7.58. The van der Waals surface area contributed by atoms with Crippen LogP contribution in [0.25, 0.3) is 0 Å². The molecule has 0 aliphatic rings. The predicted octanol–water partition coefficient (Wildman–Crippen LogP) is 3.47. The molecular formula is C19H23NO2. The van der Waals surface area contributed by atoms with Crippen molar-refractivity contribution < 1.29 is 9.90 Å². The van der Waals surface area contributed by atoms with Crippen LogP contribution in [-0.4, -0.2) is 17.6 Å². The van der Waals surface area contributed by atoms with Crippen LogP contribution in [0.2, 0.25) is 0 Å². The molecular weight excluding hydrogens is 274 g/mol. The Balaban J connectivity index is 1.94. The first kappa shape index (κ1) is 16.2. The molecule has 22 heavy (non-hydrogen) atoms. The van der Waals surface area contributed by atoms with Crippen molar-refractivity contribution in [3.05, 3.63) is 70.3 Å². The van der Waals surface area contributed by atoms with Gasteiger partial charge in [0.1, 0.15) is 0 Å². The Kier molecular flexibility index (Phi) is 5.34. The van der Waals surface area contributed by atoms with Crippen molar-refractivity contribution in [1.29, 1.82) is 0 Å². The molecule has 3 heteroatoms. The molecule has 2 rings (SSSR count). The number of hydrogen-bond donors (Lipinski definition) is 2. The number of benzene rings is 2. The fourth-order valence-electron chi connectivity index (χ4n) is 2.79. The van der Waals surface area contributed by atoms with Crippen molar-refractivity contribution in [3.8, 4) is 0 Å². The summed E-state index contributed by atoms with van der Waals surface area (Å²) >= 11 is 0. The Labute approximate surface area is 132 Å². The standard InChI is InChI=1S/C19H23NO2/c1-13-11-14(2)18(15(3)12-13)19(22)20-10-9-17(21)16-7-5-4-6-8-16/h4-8,11-12,17,21H,9-10H2,1-3H3,(H,20,22). The highest BCUT2D eigenvalue weighted by Crippen LogP contribution is 2.17. The van der Waals surface area contributed by atoms with Gasteiger partial charge in [-0.15, -0.1) is 0 Å². The van der Waals surface area contributed by atoms with Gasteiger partial charge in [-0.2, -0.15) is 0 Å². The highest BCUT2D eigenvalue weighted by molar-refractivity contribution is 5.97. The molecule has 0 bridgehead atoms. The number of carbonyl (C=O) groups excluding carboxylic acids is 1. The van der Waals surface area contributed by atoms with E-state index >= 15 is 0 Å². The first-order valence-corrected chi connectivity index (χ1v) is 7.58. The zero-order valence-electron chi connectivity index (χ0n) is 13.4. The lowest BCUT2D eigenvalue weighted by Crippen LogP contribution is -2.27. The van der Waals surface area contributed by atoms with Crippen LogP contribution in [0.5, 0.6) is 0 Å². The van der Waals surface area contributed by atoms with E-state index in [1.165, 1.54) is 0 Å². The Morgan fingerprint density at radius 1 is 1.09 bits per heavy atom. The van der Waals surface area contributed by atoms with Gasteiger partial charge >= 0.3 is 0 Å². The van der Waals surface area contributed by atoms with Gasteiger partial charge in [0.2, 0.25) is 0 Å². The van der Waals surface area contributed by atoms with E-state index in [0.29, 0.717) is 13.0 Å². The van der Waals surface area contributed by atoms with Gasteiger partial charge in [0.25, 0.3) is 5.91 Å². The normalized spacial score (nSPS) is 12.0. The maximum atomic E-state index is 12.3. The van der Waals surface area contributed by atoms with Gasteiger partial charge in [-0.05, 0) is 43.9 Å². The third kappa shape index (κ3) is 3.95. The van der Waals surface area contributed by atoms with Crippen LogP contribution < -0.4 is 5.32 Å². The maximum Gasteiger partial charge on any atom is 0.251 e. The summed E-state index contributed by atoms with van der Waals surface area (Å²) in [6.45, 7) is 6.38. The van der Waals surface area contributed by atoms with E-state index in [4.69, 9.17) is 0 Å². The van der Waals surface area contributed by atoms with Crippen LogP contribution in [0.1, 0.15) is 45.1 Å². The Morgan fingerprint density at radius 2 is 1.68 bits per heavy atom. The van der Waals surface area contributed by atoms with Crippen LogP contribution >= 0.6 is 0 Å². The summed E-state index contributed by atoms with van der Waals surface area (Å²) < 4.78 is 0. The number of hydrogen-bond acceptors (Lipinski definition) is 2. The van der Waals surface area contributed by atoms with Crippen LogP contribution in [-0.2, 0) is 0 Å². The average Bonchev–Trinajstić information content (AvgIpc) is 2.47. The molecule has 1 unspecified atom stereocenters. The number of nitrogens with one attached hydrogen (secondary N) is 1. The van der Waals surface area contributed by atoms with Gasteiger partial charge in [0.05, 0.1) is 6.10 Å². The highest BCUT2D eigenvalue weighted by atomic mass is 16.3. The van der Waals surface area contributed by atoms with Crippen molar-refractivity contribution in [1.82, 2.24) is 5.32 Å². The van der Waals surface area contributed by atoms with E-state index in [9.17, 15) is 9.90 Å². The molecule has 0 aliphatic heterocycles. The summed E-state index contributed by atoms with van der Waals surface area (Å²) in [6, 6.07) is 13.5. The average molecular weight is 297 g/mol. The van der Waals surface area contributed by atoms with E-state index in [1.54, 1.807) is 0 Å². The van der Waals surface area contributed by atoms with Crippen molar-refractivity contribution in [2.45, 2.75) is 33.3 Å². The fraction of sp³-hybridized carbons (Fsp3) is 0.316. The quantitative estimate of drug-likeness (QED) is 0.888. The van der Waals surface area contributed by atoms with E-state index < -0.39 is 6.10 Å². The minimum atomic E-state index is -0.554. The van der Waals surface area contributed by atoms with E-state index in [0.717, 1.165) is 27.8 Å². The molecule has 0 saturated heterocycles. The van der Waals surface area contributed by atoms with Gasteiger partial charge in [-0.3, -0.25) is 4.79 Å². The van der Waals surface area contributed by atoms with Gasteiger partial charge in [0, 0.05) is 12.1 Å². The molecule has 0 radical (unpaired) electrons. The van der Waals surface area contributed by atoms with E-state index in [2.05, 4.69) is 5.32 Å². The lowest BCUT2D eigenvalue weighted by atomic mass is 9.99. The van der Waals surface area contributed by atoms with Gasteiger partial charge in [-0.1, -0.05) is 48.0 Å². The summed E-state index contributed by atoms with van der Waals surface area (Å²) in [4.78, 5) is 12.3. The molecule has 2 aromatic rings. The third-order valence-electron chi connectivity index (χ3n) is 3.79. The smallest absolute Gasteiger partial charge is 0.251 e. The Hall–Kier alpha value is -2.13. The molecule has 2 N–H and O–H groups in total. The Bertz CT molecular complexity index is 627. The summed E-state index contributed by atoms with van der Waals surface area (Å²) in [6.07, 6.45) is -0.0543. The fourth-order valence-corrected chi connectivity index (χ4v) is 2.79. The molecule has 0 aromatic heterocycles. The van der Waals surface area contributed by atoms with Crippen molar-refractivity contribution in [2.75, 3.05) is 6.54 Å². The number of aliphatic hydroxyl groups excluding tert-OH is 1. The van der Waals surface area contributed by atoms with Crippen molar-refractivity contribution in [3.63, 3.8) is 0 Å². The van der Waals surface area contributed by atoms with E-state index in [-0.39, 0.29) is 5.91 Å². The molecule has 1 atom stereocenters. The van der Waals surface area contributed by atoms with Gasteiger partial charge in [-0.25, -0.2) is 0 Å². The van der Waals surface area contributed by atoms with Crippen LogP contribution in [0.15, 0.2) is 42.5 Å². The van der Waals surface area contributed by atoms with E-state index in [1.807, 2.05) is 63.2 Å². The summed E-state index contributed by atoms with van der Waals surface area (Å²) in [7, 11) is 0. The zero-order chi connectivity index (χ0) is 16.1. The summed E-state index contributed by atoms with van der Waals surface area (Å²) in [5, 5.41) is 13.0. The summed E-state index contributed by atoms with van der Waals surface area (Å²) in [5.41, 5.74) is 4.74. The summed E-state index contributed by atoms with van der Waals surface area (Å²) in [5.74, 6) is -0.0738. The molecule has 2 aromatic carbocycles. The molecule has 0 heterocycles. The first-order chi connectivity index (χ1) is 10.5. The van der Waals surface area contributed by atoms with Crippen molar-refractivity contribution >= 4 is 5.91 Å². The maximum absolute atomic E-state index is 12.3. The number of carbonyl (C=O) groups is 1. The number of aliphatic hydroxyl groups is 1. The van der Waals surface area contributed by atoms with Crippen LogP contribution in [0, 0.1) is 20.8 Å². The number of rotatable bonds is 5.